The molecule has 0 aromatic heterocycles. The third-order valence-electron chi connectivity index (χ3n) is 3.10. The summed E-state index contributed by atoms with van der Waals surface area (Å²) >= 11 is 1.76. The van der Waals surface area contributed by atoms with Crippen LogP contribution in [0.2, 0.25) is 0 Å². The molecule has 0 spiro atoms. The monoisotopic (exact) mass is 230 g/mol. The third-order valence-corrected chi connectivity index (χ3v) is 4.07. The molecular formula is C11H22N2OS. The Kier molecular flexibility index (Phi) is 4.93. The Morgan fingerprint density at radius 3 is 2.67 bits per heavy atom. The molecular weight excluding hydrogens is 208 g/mol. The Labute approximate surface area is 96.6 Å². The van der Waals surface area contributed by atoms with Crippen LogP contribution in [0.1, 0.15) is 39.0 Å². The number of nitrogens with two attached hydrogens (primary N) is 1. The number of nitrogens with one attached hydrogen (secondary N) is 1. The maximum Gasteiger partial charge on any atom is 0.221 e. The summed E-state index contributed by atoms with van der Waals surface area (Å²) in [6.45, 7) is 2.86. The second-order valence-corrected chi connectivity index (χ2v) is 5.87. The molecule has 1 amide bonds. The molecule has 3 N–H and O–H groups in total. The lowest BCUT2D eigenvalue weighted by atomic mass is 9.94. The lowest BCUT2D eigenvalue weighted by Crippen LogP contribution is -2.43. The first kappa shape index (κ1) is 12.8. The van der Waals surface area contributed by atoms with Crippen molar-refractivity contribution in [2.75, 3.05) is 12.8 Å². The molecule has 1 fully saturated rings. The van der Waals surface area contributed by atoms with Crippen LogP contribution in [-0.2, 0) is 4.79 Å². The van der Waals surface area contributed by atoms with Crippen LogP contribution in [0, 0.1) is 0 Å². The minimum atomic E-state index is -0.216. The molecule has 0 bridgehead atoms. The van der Waals surface area contributed by atoms with E-state index >= 15 is 0 Å². The SMILES string of the molecule is CSC(C)CNC(=O)CC1(N)CCCC1. The van der Waals surface area contributed by atoms with Crippen molar-refractivity contribution in [1.82, 2.24) is 5.32 Å². The van der Waals surface area contributed by atoms with E-state index in [1.165, 1.54) is 12.8 Å². The Balaban J connectivity index is 2.23. The van der Waals surface area contributed by atoms with Crippen LogP contribution in [0.25, 0.3) is 0 Å². The molecule has 0 saturated heterocycles. The first-order valence-electron chi connectivity index (χ1n) is 5.64. The van der Waals surface area contributed by atoms with Crippen LogP contribution >= 0.6 is 11.8 Å². The minimum absolute atomic E-state index is 0.111. The van der Waals surface area contributed by atoms with E-state index in [4.69, 9.17) is 5.73 Å². The summed E-state index contributed by atoms with van der Waals surface area (Å²) in [5.74, 6) is 0.111. The van der Waals surface area contributed by atoms with Crippen molar-refractivity contribution in [3.8, 4) is 0 Å². The first-order valence-corrected chi connectivity index (χ1v) is 6.93. The molecule has 0 aliphatic heterocycles. The smallest absolute Gasteiger partial charge is 0.221 e. The normalized spacial score (nSPS) is 21.3. The summed E-state index contributed by atoms with van der Waals surface area (Å²) in [5.41, 5.74) is 5.92. The van der Waals surface area contributed by atoms with Gasteiger partial charge >= 0.3 is 0 Å². The molecule has 1 aliphatic rings. The van der Waals surface area contributed by atoms with Gasteiger partial charge in [0, 0.05) is 23.8 Å². The quantitative estimate of drug-likeness (QED) is 0.753. The Bertz CT molecular complexity index is 215. The maximum absolute atomic E-state index is 11.6. The summed E-state index contributed by atoms with van der Waals surface area (Å²) in [5, 5.41) is 3.42. The molecule has 1 rings (SSSR count). The van der Waals surface area contributed by atoms with Gasteiger partial charge in [-0.3, -0.25) is 4.79 Å². The fraction of sp³-hybridized carbons (Fsp3) is 0.909. The fourth-order valence-corrected chi connectivity index (χ4v) is 2.23. The van der Waals surface area contributed by atoms with Crippen molar-refractivity contribution < 1.29 is 4.79 Å². The molecule has 0 heterocycles. The van der Waals surface area contributed by atoms with Gasteiger partial charge in [0.15, 0.2) is 0 Å². The number of hydrogen-bond donors (Lipinski definition) is 2. The molecule has 0 aromatic carbocycles. The molecule has 0 radical (unpaired) electrons. The van der Waals surface area contributed by atoms with Crippen molar-refractivity contribution in [3.05, 3.63) is 0 Å². The molecule has 88 valence electrons. The van der Waals surface area contributed by atoms with E-state index in [1.807, 2.05) is 0 Å². The summed E-state index contributed by atoms with van der Waals surface area (Å²) in [4.78, 5) is 11.6. The number of hydrogen-bond acceptors (Lipinski definition) is 3. The molecule has 4 heteroatoms. The van der Waals surface area contributed by atoms with Gasteiger partial charge in [0.1, 0.15) is 0 Å². The van der Waals surface area contributed by atoms with Gasteiger partial charge in [0.25, 0.3) is 0 Å². The Morgan fingerprint density at radius 1 is 1.53 bits per heavy atom. The Hall–Kier alpha value is -0.220. The van der Waals surface area contributed by atoms with Crippen LogP contribution in [-0.4, -0.2) is 29.5 Å². The maximum atomic E-state index is 11.6. The molecule has 1 unspecified atom stereocenters. The summed E-state index contributed by atoms with van der Waals surface area (Å²) in [6.07, 6.45) is 6.89. The van der Waals surface area contributed by atoms with Gasteiger partial charge in [-0.2, -0.15) is 11.8 Å². The van der Waals surface area contributed by atoms with Crippen LogP contribution in [0.15, 0.2) is 0 Å². The zero-order chi connectivity index (χ0) is 11.3. The Morgan fingerprint density at radius 2 is 2.13 bits per heavy atom. The van der Waals surface area contributed by atoms with Crippen LogP contribution < -0.4 is 11.1 Å². The van der Waals surface area contributed by atoms with Gasteiger partial charge in [-0.25, -0.2) is 0 Å². The van der Waals surface area contributed by atoms with Gasteiger partial charge in [0.2, 0.25) is 5.91 Å². The largest absolute Gasteiger partial charge is 0.355 e. The number of carbonyl (C=O) groups excluding carboxylic acids is 1. The van der Waals surface area contributed by atoms with Crippen LogP contribution in [0.4, 0.5) is 0 Å². The van der Waals surface area contributed by atoms with Crippen LogP contribution in [0.3, 0.4) is 0 Å². The molecule has 1 aliphatic carbocycles. The van der Waals surface area contributed by atoms with E-state index in [-0.39, 0.29) is 11.4 Å². The molecule has 1 atom stereocenters. The average Bonchev–Trinajstić information content (AvgIpc) is 2.61. The fourth-order valence-electron chi connectivity index (χ4n) is 1.98. The number of thioether (sulfide) groups is 1. The van der Waals surface area contributed by atoms with Crippen LogP contribution in [0.5, 0.6) is 0 Å². The zero-order valence-electron chi connectivity index (χ0n) is 9.71. The highest BCUT2D eigenvalue weighted by molar-refractivity contribution is 7.99. The van der Waals surface area contributed by atoms with Gasteiger partial charge < -0.3 is 11.1 Å². The third kappa shape index (κ3) is 4.43. The number of carbonyl (C=O) groups is 1. The topological polar surface area (TPSA) is 55.1 Å². The molecule has 0 aromatic rings. The highest BCUT2D eigenvalue weighted by atomic mass is 32.2. The lowest BCUT2D eigenvalue weighted by Gasteiger charge is -2.22. The first-order chi connectivity index (χ1) is 7.06. The van der Waals surface area contributed by atoms with E-state index in [2.05, 4.69) is 18.5 Å². The van der Waals surface area contributed by atoms with Gasteiger partial charge in [-0.15, -0.1) is 0 Å². The molecule has 15 heavy (non-hydrogen) atoms. The molecule has 1 saturated carbocycles. The van der Waals surface area contributed by atoms with Crippen molar-refractivity contribution in [3.63, 3.8) is 0 Å². The molecule has 3 nitrogen and oxygen atoms in total. The van der Waals surface area contributed by atoms with E-state index in [0.717, 1.165) is 19.4 Å². The minimum Gasteiger partial charge on any atom is -0.355 e. The highest BCUT2D eigenvalue weighted by Crippen LogP contribution is 2.29. The van der Waals surface area contributed by atoms with E-state index in [9.17, 15) is 4.79 Å². The predicted octanol–water partition coefficient (Wildman–Crippen LogP) is 1.52. The van der Waals surface area contributed by atoms with E-state index in [0.29, 0.717) is 11.7 Å². The predicted molar refractivity (Wildman–Crippen MR) is 66.0 cm³/mol. The van der Waals surface area contributed by atoms with Gasteiger partial charge in [-0.05, 0) is 19.1 Å². The number of rotatable bonds is 5. The lowest BCUT2D eigenvalue weighted by molar-refractivity contribution is -0.122. The van der Waals surface area contributed by atoms with Crippen molar-refractivity contribution in [1.29, 1.82) is 0 Å². The second-order valence-electron chi connectivity index (χ2n) is 4.60. The van der Waals surface area contributed by atoms with E-state index < -0.39 is 0 Å². The zero-order valence-corrected chi connectivity index (χ0v) is 10.5. The van der Waals surface area contributed by atoms with E-state index in [1.54, 1.807) is 11.8 Å². The van der Waals surface area contributed by atoms with Gasteiger partial charge in [0.05, 0.1) is 0 Å². The van der Waals surface area contributed by atoms with Crippen molar-refractivity contribution >= 4 is 17.7 Å². The second kappa shape index (κ2) is 5.75. The van der Waals surface area contributed by atoms with Gasteiger partial charge in [-0.1, -0.05) is 19.8 Å². The summed E-state index contributed by atoms with van der Waals surface area (Å²) in [7, 11) is 0. The van der Waals surface area contributed by atoms with Crippen molar-refractivity contribution in [2.45, 2.75) is 49.8 Å². The van der Waals surface area contributed by atoms with Crippen molar-refractivity contribution in [2.24, 2.45) is 5.73 Å². The standard InChI is InChI=1S/C11H22N2OS/c1-9(15-2)8-13-10(14)7-11(12)5-3-4-6-11/h9H,3-8,12H2,1-2H3,(H,13,14). The average molecular weight is 230 g/mol. The summed E-state index contributed by atoms with van der Waals surface area (Å²) in [6, 6.07) is 0. The highest BCUT2D eigenvalue weighted by Gasteiger charge is 2.31. The summed E-state index contributed by atoms with van der Waals surface area (Å²) < 4.78 is 0. The number of amides is 1.